The molecule has 326 valence electrons. The molecular formula is C42H57Cl3O12SiTi. The van der Waals surface area contributed by atoms with E-state index in [-0.39, 0.29) is 58.9 Å². The molecule has 0 fully saturated rings. The zero-order valence-electron chi connectivity index (χ0n) is 37.5. The van der Waals surface area contributed by atoms with Gasteiger partial charge in [0.1, 0.15) is 0 Å². The standard InChI is InChI=1S/C42H57O12Si.3ClH.Ti/c1-20-21(2)23(4)39(22(20)3)55(40-33(49-14)27(43-8)24(5)28(44-9)34(40)50-15,41-35(51-16)29(45-10)25(6)30(46-11)36(41)52-17)42-37(53-18)31(47-12)26(7)32(48-13)38(42)54-19;;;;/h1-19H3;3*1H;/q-1;;;;+4/p-3. The van der Waals surface area contributed by atoms with Gasteiger partial charge >= 0.3 is 21.7 Å². The van der Waals surface area contributed by atoms with E-state index in [1.807, 2.05) is 20.8 Å². The van der Waals surface area contributed by atoms with Crippen LogP contribution >= 0.6 is 0 Å². The number of hydrogen-bond donors (Lipinski definition) is 0. The molecular weight excluding hydrogens is 879 g/mol. The number of hydrogen-bond acceptors (Lipinski definition) is 12. The fraction of sp³-hybridized carbons (Fsp3) is 0.452. The first kappa shape index (κ1) is 55.4. The summed E-state index contributed by atoms with van der Waals surface area (Å²) in [6.45, 7) is 14.1. The Kier molecular flexibility index (Phi) is 21.0. The van der Waals surface area contributed by atoms with Crippen LogP contribution in [0.15, 0.2) is 0 Å². The maximum Gasteiger partial charge on any atom is 4.00 e. The van der Waals surface area contributed by atoms with Gasteiger partial charge in [0.05, 0.1) is 85.3 Å². The smallest absolute Gasteiger partial charge is 1.00 e. The monoisotopic (exact) mass is 934 g/mol. The molecule has 4 aromatic rings. The van der Waals surface area contributed by atoms with Crippen molar-refractivity contribution in [1.29, 1.82) is 0 Å². The number of methoxy groups -OCH3 is 12. The minimum Gasteiger partial charge on any atom is -1.00 e. The van der Waals surface area contributed by atoms with E-state index in [0.717, 1.165) is 27.4 Å². The van der Waals surface area contributed by atoms with Crippen molar-refractivity contribution in [1.82, 2.24) is 0 Å². The van der Waals surface area contributed by atoms with Crippen LogP contribution in [-0.4, -0.2) is 93.4 Å². The first-order valence-electron chi connectivity index (χ1n) is 17.6. The Morgan fingerprint density at radius 2 is 0.492 bits per heavy atom. The van der Waals surface area contributed by atoms with Crippen molar-refractivity contribution < 1.29 is 116 Å². The van der Waals surface area contributed by atoms with Crippen LogP contribution in [0.2, 0.25) is 0 Å². The van der Waals surface area contributed by atoms with E-state index in [9.17, 15) is 0 Å². The number of ether oxygens (including phenoxy) is 12. The van der Waals surface area contributed by atoms with Gasteiger partial charge in [-0.05, 0) is 20.8 Å². The third-order valence-corrected chi connectivity index (χ3v) is 16.1. The molecule has 17 heteroatoms. The maximum atomic E-state index is 6.53. The molecule has 0 aliphatic heterocycles. The van der Waals surface area contributed by atoms with Crippen LogP contribution in [0.4, 0.5) is 0 Å². The van der Waals surface area contributed by atoms with Crippen LogP contribution in [0.1, 0.15) is 38.9 Å². The third kappa shape index (κ3) is 8.03. The molecule has 0 bridgehead atoms. The summed E-state index contributed by atoms with van der Waals surface area (Å²) in [7, 11) is 14.8. The average molecular weight is 936 g/mol. The Labute approximate surface area is 384 Å². The van der Waals surface area contributed by atoms with E-state index >= 15 is 0 Å². The van der Waals surface area contributed by atoms with Crippen LogP contribution in [0.3, 0.4) is 0 Å². The summed E-state index contributed by atoms with van der Waals surface area (Å²) in [6.07, 6.45) is 0. The van der Waals surface area contributed by atoms with Crippen molar-refractivity contribution in [2.45, 2.75) is 48.5 Å². The summed E-state index contributed by atoms with van der Waals surface area (Å²) < 4.78 is 76.5. The molecule has 0 spiro atoms. The molecule has 59 heavy (non-hydrogen) atoms. The first-order valence-corrected chi connectivity index (χ1v) is 19.6. The fourth-order valence-corrected chi connectivity index (χ4v) is 14.9. The van der Waals surface area contributed by atoms with Gasteiger partial charge in [-0.15, -0.1) is 0 Å². The first-order chi connectivity index (χ1) is 26.2. The van der Waals surface area contributed by atoms with Gasteiger partial charge in [-0.3, -0.25) is 0 Å². The summed E-state index contributed by atoms with van der Waals surface area (Å²) >= 11 is 0. The van der Waals surface area contributed by atoms with Gasteiger partial charge in [-0.25, -0.2) is 0 Å². The number of rotatable bonds is 16. The Morgan fingerprint density at radius 1 is 0.305 bits per heavy atom. The van der Waals surface area contributed by atoms with Gasteiger partial charge in [-0.2, -0.15) is 27.4 Å². The molecule has 0 saturated carbocycles. The van der Waals surface area contributed by atoms with Gasteiger partial charge in [0.2, 0.25) is 0 Å². The predicted molar refractivity (Wildman–Crippen MR) is 217 cm³/mol. The van der Waals surface area contributed by atoms with Crippen LogP contribution in [0, 0.1) is 48.5 Å². The van der Waals surface area contributed by atoms with E-state index < -0.39 is 8.07 Å². The van der Waals surface area contributed by atoms with Gasteiger partial charge in [-0.1, -0.05) is 27.7 Å². The zero-order valence-corrected chi connectivity index (χ0v) is 42.4. The molecule has 4 aromatic carbocycles. The number of halogens is 3. The minimum atomic E-state index is -4.38. The Balaban J connectivity index is 0.00000841. The molecule has 0 unspecified atom stereocenters. The Hall–Kier alpha value is -3.59. The molecule has 0 aliphatic rings. The Bertz CT molecular complexity index is 1790. The van der Waals surface area contributed by atoms with E-state index in [4.69, 9.17) is 56.8 Å². The van der Waals surface area contributed by atoms with E-state index in [2.05, 4.69) is 27.7 Å². The van der Waals surface area contributed by atoms with Crippen LogP contribution in [0.25, 0.3) is 0 Å². The molecule has 0 aliphatic carbocycles. The molecule has 0 saturated heterocycles. The molecule has 12 nitrogen and oxygen atoms in total. The molecule has 0 amide bonds. The third-order valence-electron chi connectivity index (χ3n) is 11.0. The second-order valence-corrected chi connectivity index (χ2v) is 16.5. The van der Waals surface area contributed by atoms with Gasteiger partial charge in [0.15, 0.2) is 77.1 Å². The summed E-state index contributed by atoms with van der Waals surface area (Å²) in [4.78, 5) is 0. The maximum absolute atomic E-state index is 6.53. The topological polar surface area (TPSA) is 111 Å². The second-order valence-electron chi connectivity index (χ2n) is 13.0. The Morgan fingerprint density at radius 3 is 0.627 bits per heavy atom. The predicted octanol–water partition coefficient (Wildman–Crippen LogP) is -3.95. The minimum absolute atomic E-state index is 0. The van der Waals surface area contributed by atoms with Crippen molar-refractivity contribution in [2.24, 2.45) is 0 Å². The normalized spacial score (nSPS) is 10.4. The largest absolute Gasteiger partial charge is 4.00 e. The summed E-state index contributed by atoms with van der Waals surface area (Å²) in [5, 5.41) is 2.65. The van der Waals surface area contributed by atoms with Crippen molar-refractivity contribution in [3.05, 3.63) is 38.9 Å². The SMILES string of the molecule is COc1c(C)c(OC)c(OC)c([Si](c2c(OC)c(OC)c(C)c(OC)c2OC)(c2c(OC)c(OC)c(C)c(OC)c2OC)c2c(C)c(C)c(C)[c-]2C)c1OC.[Cl-].[Cl-].[Cl-].[Ti+4]. The van der Waals surface area contributed by atoms with E-state index in [1.165, 1.54) is 0 Å². The molecule has 4 rings (SSSR count). The van der Waals surface area contributed by atoms with Crippen molar-refractivity contribution in [2.75, 3.05) is 85.3 Å². The van der Waals surface area contributed by atoms with Gasteiger partial charge in [0.25, 0.3) is 0 Å². The summed E-state index contributed by atoms with van der Waals surface area (Å²) in [5.41, 5.74) is 6.13. The van der Waals surface area contributed by atoms with Crippen LogP contribution in [-0.2, 0) is 21.7 Å². The molecule has 0 aromatic heterocycles. The van der Waals surface area contributed by atoms with Gasteiger partial charge < -0.3 is 94.1 Å². The van der Waals surface area contributed by atoms with Crippen LogP contribution in [0.5, 0.6) is 69.0 Å². The van der Waals surface area contributed by atoms with Gasteiger partial charge in [0, 0.05) is 32.3 Å². The molecule has 0 N–H and O–H groups in total. The van der Waals surface area contributed by atoms with Crippen molar-refractivity contribution in [3.8, 4) is 69.0 Å². The number of benzene rings is 3. The quantitative estimate of drug-likeness (QED) is 0.0623. The molecule has 0 atom stereocenters. The van der Waals surface area contributed by atoms with Crippen molar-refractivity contribution in [3.63, 3.8) is 0 Å². The summed E-state index contributed by atoms with van der Waals surface area (Å²) in [5.74, 6) is 4.83. The van der Waals surface area contributed by atoms with Crippen LogP contribution < -0.4 is 115 Å². The summed E-state index contributed by atoms with van der Waals surface area (Å²) in [6, 6.07) is 0. The fourth-order valence-electron chi connectivity index (χ4n) is 8.52. The average Bonchev–Trinajstić information content (AvgIpc) is 3.38. The molecule has 0 heterocycles. The van der Waals surface area contributed by atoms with E-state index in [0.29, 0.717) is 101 Å². The molecule has 0 radical (unpaired) electrons. The van der Waals surface area contributed by atoms with Crippen molar-refractivity contribution >= 4 is 28.8 Å². The zero-order chi connectivity index (χ0) is 41.3. The second kappa shape index (κ2) is 22.3. The van der Waals surface area contributed by atoms with E-state index in [1.54, 1.807) is 85.3 Å².